The number of fused-ring (bicyclic) bond motifs is 1. The van der Waals surface area contributed by atoms with Gasteiger partial charge in [0, 0.05) is 31.9 Å². The fraction of sp³-hybridized carbons (Fsp3) is 0.231. The van der Waals surface area contributed by atoms with Gasteiger partial charge in [-0.1, -0.05) is 42.5 Å². The molecule has 0 N–H and O–H groups in total. The van der Waals surface area contributed by atoms with Crippen molar-refractivity contribution in [2.75, 3.05) is 14.2 Å². The summed E-state index contributed by atoms with van der Waals surface area (Å²) in [5, 5.41) is 0. The van der Waals surface area contributed by atoms with Crippen molar-refractivity contribution in [2.45, 2.75) is 26.6 Å². The highest BCUT2D eigenvalue weighted by atomic mass is 16.5. The largest absolute Gasteiger partial charge is 0.493 e. The molecule has 0 aliphatic carbocycles. The van der Waals surface area contributed by atoms with Gasteiger partial charge in [0.15, 0.2) is 11.5 Å². The van der Waals surface area contributed by atoms with Gasteiger partial charge in [0.25, 0.3) is 5.56 Å². The molecule has 0 amide bonds. The molecule has 4 aromatic rings. The molecule has 6 heteroatoms. The van der Waals surface area contributed by atoms with E-state index >= 15 is 0 Å². The number of hydrogen-bond donors (Lipinski definition) is 0. The molecule has 0 saturated carbocycles. The highest BCUT2D eigenvalue weighted by Crippen LogP contribution is 2.28. The van der Waals surface area contributed by atoms with Crippen molar-refractivity contribution in [1.82, 2.24) is 14.3 Å². The second-order valence-electron chi connectivity index (χ2n) is 7.84. The molecule has 32 heavy (non-hydrogen) atoms. The minimum Gasteiger partial charge on any atom is -0.493 e. The average Bonchev–Trinajstić information content (AvgIpc) is 2.80. The van der Waals surface area contributed by atoms with Crippen molar-refractivity contribution >= 4 is 5.65 Å². The molecule has 6 nitrogen and oxygen atoms in total. The van der Waals surface area contributed by atoms with Crippen LogP contribution in [0.1, 0.15) is 22.4 Å². The van der Waals surface area contributed by atoms with E-state index in [0.717, 1.165) is 23.4 Å². The van der Waals surface area contributed by atoms with E-state index in [0.29, 0.717) is 30.2 Å². The lowest BCUT2D eigenvalue weighted by atomic mass is 10.1. The van der Waals surface area contributed by atoms with Crippen LogP contribution in [0.2, 0.25) is 0 Å². The summed E-state index contributed by atoms with van der Waals surface area (Å²) in [4.78, 5) is 19.7. The highest BCUT2D eigenvalue weighted by Gasteiger charge is 2.13. The minimum atomic E-state index is -0.0699. The van der Waals surface area contributed by atoms with Gasteiger partial charge < -0.3 is 9.47 Å². The van der Waals surface area contributed by atoms with Gasteiger partial charge in [-0.15, -0.1) is 0 Å². The molecule has 0 atom stereocenters. The molecular formula is C26H27N3O3. The van der Waals surface area contributed by atoms with Crippen LogP contribution in [0.4, 0.5) is 0 Å². The topological polar surface area (TPSA) is 56.1 Å². The van der Waals surface area contributed by atoms with Gasteiger partial charge in [0.1, 0.15) is 5.65 Å². The van der Waals surface area contributed by atoms with E-state index in [9.17, 15) is 4.79 Å². The van der Waals surface area contributed by atoms with Crippen molar-refractivity contribution in [2.24, 2.45) is 0 Å². The standard InChI is InChI=1S/C26H27N3O3/c1-19-9-12-25-27-22(14-26(30)29(25)15-19)18-28(16-20-7-5-4-6-8-20)17-21-10-11-23(31-2)24(13-21)32-3/h4-15H,16-18H2,1-3H3. The summed E-state index contributed by atoms with van der Waals surface area (Å²) < 4.78 is 12.4. The maximum absolute atomic E-state index is 12.7. The predicted octanol–water partition coefficient (Wildman–Crippen LogP) is 4.22. The average molecular weight is 430 g/mol. The molecule has 2 heterocycles. The number of ether oxygens (including phenoxy) is 2. The van der Waals surface area contributed by atoms with Crippen molar-refractivity contribution in [3.8, 4) is 11.5 Å². The van der Waals surface area contributed by atoms with Crippen molar-refractivity contribution < 1.29 is 9.47 Å². The molecule has 0 unspecified atom stereocenters. The van der Waals surface area contributed by atoms with E-state index in [4.69, 9.17) is 14.5 Å². The quantitative estimate of drug-likeness (QED) is 0.420. The molecule has 0 aliphatic rings. The Bertz CT molecular complexity index is 1270. The van der Waals surface area contributed by atoms with Crippen LogP contribution in [0.15, 0.2) is 77.7 Å². The first-order chi connectivity index (χ1) is 15.6. The van der Waals surface area contributed by atoms with Gasteiger partial charge in [-0.05, 0) is 41.8 Å². The van der Waals surface area contributed by atoms with Crippen molar-refractivity contribution in [3.05, 3.63) is 106 Å². The summed E-state index contributed by atoms with van der Waals surface area (Å²) in [5.41, 5.74) is 4.64. The lowest BCUT2D eigenvalue weighted by molar-refractivity contribution is 0.244. The first-order valence-electron chi connectivity index (χ1n) is 10.5. The van der Waals surface area contributed by atoms with Crippen LogP contribution in [0.25, 0.3) is 5.65 Å². The molecule has 2 aromatic heterocycles. The van der Waals surface area contributed by atoms with E-state index in [-0.39, 0.29) is 5.56 Å². The number of pyridine rings is 1. The molecule has 0 radical (unpaired) electrons. The summed E-state index contributed by atoms with van der Waals surface area (Å²) >= 11 is 0. The Kier molecular flexibility index (Phi) is 6.52. The maximum Gasteiger partial charge on any atom is 0.258 e. The molecule has 2 aromatic carbocycles. The summed E-state index contributed by atoms with van der Waals surface area (Å²) in [6.07, 6.45) is 1.82. The lowest BCUT2D eigenvalue weighted by Gasteiger charge is -2.23. The zero-order valence-electron chi connectivity index (χ0n) is 18.6. The molecule has 0 fully saturated rings. The Morgan fingerprint density at radius 2 is 1.59 bits per heavy atom. The van der Waals surface area contributed by atoms with Crippen LogP contribution in [0.5, 0.6) is 11.5 Å². The Balaban J connectivity index is 1.65. The zero-order chi connectivity index (χ0) is 22.5. The first kappa shape index (κ1) is 21.6. The molecule has 4 rings (SSSR count). The van der Waals surface area contributed by atoms with Gasteiger partial charge in [-0.3, -0.25) is 14.1 Å². The second-order valence-corrected chi connectivity index (χ2v) is 7.84. The monoisotopic (exact) mass is 429 g/mol. The number of aryl methyl sites for hydroxylation is 1. The Hall–Kier alpha value is -3.64. The van der Waals surface area contributed by atoms with Crippen molar-refractivity contribution in [1.29, 1.82) is 0 Å². The summed E-state index contributed by atoms with van der Waals surface area (Å²) in [6.45, 7) is 3.90. The lowest BCUT2D eigenvalue weighted by Crippen LogP contribution is -2.25. The predicted molar refractivity (Wildman–Crippen MR) is 125 cm³/mol. The first-order valence-corrected chi connectivity index (χ1v) is 10.5. The number of methoxy groups -OCH3 is 2. The second kappa shape index (κ2) is 9.66. The molecule has 0 saturated heterocycles. The summed E-state index contributed by atoms with van der Waals surface area (Å²) in [7, 11) is 3.27. The van der Waals surface area contributed by atoms with E-state index < -0.39 is 0 Å². The normalized spacial score (nSPS) is 11.1. The molecule has 0 aliphatic heterocycles. The SMILES string of the molecule is COc1ccc(CN(Cc2ccccc2)Cc2cc(=O)n3cc(C)ccc3n2)cc1OC. The van der Waals surface area contributed by atoms with Gasteiger partial charge in [-0.25, -0.2) is 4.98 Å². The summed E-state index contributed by atoms with van der Waals surface area (Å²) in [6, 6.07) is 21.7. The number of benzene rings is 2. The number of nitrogens with zero attached hydrogens (tertiary/aromatic N) is 3. The third-order valence-electron chi connectivity index (χ3n) is 5.35. The Morgan fingerprint density at radius 1 is 0.844 bits per heavy atom. The molecule has 0 bridgehead atoms. The fourth-order valence-corrected chi connectivity index (χ4v) is 3.81. The maximum atomic E-state index is 12.7. The van der Waals surface area contributed by atoms with E-state index in [1.165, 1.54) is 5.56 Å². The van der Waals surface area contributed by atoms with Crippen LogP contribution in [0.3, 0.4) is 0 Å². The van der Waals surface area contributed by atoms with Gasteiger partial charge in [0.2, 0.25) is 0 Å². The third-order valence-corrected chi connectivity index (χ3v) is 5.35. The summed E-state index contributed by atoms with van der Waals surface area (Å²) in [5.74, 6) is 1.40. The van der Waals surface area contributed by atoms with Gasteiger partial charge >= 0.3 is 0 Å². The van der Waals surface area contributed by atoms with Gasteiger partial charge in [0.05, 0.1) is 19.9 Å². The van der Waals surface area contributed by atoms with E-state index in [2.05, 4.69) is 17.0 Å². The number of rotatable bonds is 8. The van der Waals surface area contributed by atoms with Gasteiger partial charge in [-0.2, -0.15) is 0 Å². The smallest absolute Gasteiger partial charge is 0.258 e. The molecular weight excluding hydrogens is 402 g/mol. The van der Waals surface area contributed by atoms with Crippen molar-refractivity contribution in [3.63, 3.8) is 0 Å². The highest BCUT2D eigenvalue weighted by molar-refractivity contribution is 5.43. The minimum absolute atomic E-state index is 0.0699. The Labute approximate surface area is 187 Å². The van der Waals surface area contributed by atoms with Crippen LogP contribution in [-0.4, -0.2) is 28.5 Å². The van der Waals surface area contributed by atoms with E-state index in [1.54, 1.807) is 24.7 Å². The number of aromatic nitrogens is 2. The fourth-order valence-electron chi connectivity index (χ4n) is 3.81. The van der Waals surface area contributed by atoms with Crippen LogP contribution in [0, 0.1) is 6.92 Å². The van der Waals surface area contributed by atoms with Crippen LogP contribution in [-0.2, 0) is 19.6 Å². The Morgan fingerprint density at radius 3 is 2.34 bits per heavy atom. The van der Waals surface area contributed by atoms with Crippen LogP contribution < -0.4 is 15.0 Å². The molecule has 164 valence electrons. The zero-order valence-corrected chi connectivity index (χ0v) is 18.6. The number of hydrogen-bond acceptors (Lipinski definition) is 5. The van der Waals surface area contributed by atoms with E-state index in [1.807, 2.05) is 61.7 Å². The van der Waals surface area contributed by atoms with Crippen LogP contribution >= 0.6 is 0 Å². The molecule has 0 spiro atoms. The third kappa shape index (κ3) is 4.98.